The Balaban J connectivity index is 2.87. The molecule has 1 heterocycles. The first kappa shape index (κ1) is 14.0. The van der Waals surface area contributed by atoms with Crippen LogP contribution in [0.15, 0.2) is 6.20 Å². The van der Waals surface area contributed by atoms with Crippen LogP contribution in [0.5, 0.6) is 0 Å². The molecule has 17 heavy (non-hydrogen) atoms. The quantitative estimate of drug-likeness (QED) is 0.895. The molecule has 0 amide bonds. The second-order valence-electron chi connectivity index (χ2n) is 4.98. The van der Waals surface area contributed by atoms with Gasteiger partial charge in [-0.25, -0.2) is 4.98 Å². The van der Waals surface area contributed by atoms with Crippen molar-refractivity contribution in [1.82, 2.24) is 14.5 Å². The van der Waals surface area contributed by atoms with Crippen molar-refractivity contribution in [3.05, 3.63) is 17.2 Å². The van der Waals surface area contributed by atoms with Crippen LogP contribution in [0.1, 0.15) is 26.6 Å². The van der Waals surface area contributed by atoms with E-state index in [1.807, 2.05) is 32.7 Å². The molecule has 0 aliphatic carbocycles. The van der Waals surface area contributed by atoms with Crippen LogP contribution in [-0.2, 0) is 18.4 Å². The summed E-state index contributed by atoms with van der Waals surface area (Å²) >= 11 is 5.90. The first-order valence-electron chi connectivity index (χ1n) is 5.34. The zero-order valence-electron chi connectivity index (χ0n) is 10.6. The van der Waals surface area contributed by atoms with Gasteiger partial charge in [-0.2, -0.15) is 0 Å². The van der Waals surface area contributed by atoms with E-state index in [1.165, 1.54) is 0 Å². The molecule has 0 aliphatic heterocycles. The molecule has 1 aromatic heterocycles. The van der Waals surface area contributed by atoms with E-state index in [-0.39, 0.29) is 12.1 Å². The lowest BCUT2D eigenvalue weighted by Crippen LogP contribution is -2.44. The zero-order chi connectivity index (χ0) is 13.2. The summed E-state index contributed by atoms with van der Waals surface area (Å²) in [5, 5.41) is 9.45. The lowest BCUT2D eigenvalue weighted by Gasteiger charge is -2.33. The summed E-state index contributed by atoms with van der Waals surface area (Å²) < 4.78 is 1.75. The third-order valence-corrected chi connectivity index (χ3v) is 2.99. The number of halogens is 1. The summed E-state index contributed by atoms with van der Waals surface area (Å²) in [7, 11) is 1.81. The van der Waals surface area contributed by atoms with E-state index in [2.05, 4.69) is 4.98 Å². The fourth-order valence-electron chi connectivity index (χ4n) is 1.44. The Hall–Kier alpha value is -1.07. The van der Waals surface area contributed by atoms with Crippen molar-refractivity contribution in [2.75, 3.05) is 6.54 Å². The van der Waals surface area contributed by atoms with E-state index in [1.54, 1.807) is 10.8 Å². The highest BCUT2D eigenvalue weighted by Gasteiger charge is 2.25. The Morgan fingerprint density at radius 3 is 2.53 bits per heavy atom. The third kappa shape index (κ3) is 3.71. The summed E-state index contributed by atoms with van der Waals surface area (Å²) in [5.41, 5.74) is -0.239. The fraction of sp³-hybridized carbons (Fsp3) is 0.636. The maximum atomic E-state index is 10.8. The van der Waals surface area contributed by atoms with Crippen molar-refractivity contribution < 1.29 is 9.90 Å². The molecule has 5 nitrogen and oxygen atoms in total. The summed E-state index contributed by atoms with van der Waals surface area (Å²) in [5.74, 6) is -0.0913. The van der Waals surface area contributed by atoms with E-state index >= 15 is 0 Å². The van der Waals surface area contributed by atoms with Gasteiger partial charge in [-0.15, -0.1) is 0 Å². The van der Waals surface area contributed by atoms with Crippen molar-refractivity contribution in [1.29, 1.82) is 0 Å². The first-order valence-corrected chi connectivity index (χ1v) is 5.72. The highest BCUT2D eigenvalue weighted by Crippen LogP contribution is 2.18. The number of hydrogen-bond acceptors (Lipinski definition) is 3. The fourth-order valence-corrected chi connectivity index (χ4v) is 1.58. The molecule has 1 N–H and O–H groups in total. The minimum Gasteiger partial charge on any atom is -0.480 e. The molecule has 0 bridgehead atoms. The molecule has 0 aromatic carbocycles. The van der Waals surface area contributed by atoms with Gasteiger partial charge < -0.3 is 9.67 Å². The van der Waals surface area contributed by atoms with Gasteiger partial charge in [-0.05, 0) is 20.8 Å². The largest absolute Gasteiger partial charge is 0.480 e. The number of nitrogens with zero attached hydrogens (tertiary/aromatic N) is 3. The van der Waals surface area contributed by atoms with Crippen LogP contribution in [0.4, 0.5) is 0 Å². The van der Waals surface area contributed by atoms with E-state index in [0.717, 1.165) is 5.82 Å². The van der Waals surface area contributed by atoms with E-state index in [4.69, 9.17) is 16.7 Å². The highest BCUT2D eigenvalue weighted by atomic mass is 35.5. The standard InChI is InChI=1S/C11H18ClN3O2/c1-11(2,3)15(7-10(16)17)6-9-13-5-8(12)14(9)4/h5H,6-7H2,1-4H3,(H,16,17). The molecule has 1 aromatic rings. The molecule has 0 aliphatic rings. The lowest BCUT2D eigenvalue weighted by molar-refractivity contribution is -0.140. The lowest BCUT2D eigenvalue weighted by atomic mass is 10.1. The van der Waals surface area contributed by atoms with E-state index in [0.29, 0.717) is 11.7 Å². The van der Waals surface area contributed by atoms with Crippen LogP contribution < -0.4 is 0 Å². The van der Waals surface area contributed by atoms with Gasteiger partial charge in [0.05, 0.1) is 19.3 Å². The second kappa shape index (κ2) is 5.06. The van der Waals surface area contributed by atoms with E-state index < -0.39 is 5.97 Å². The number of aliphatic carboxylic acids is 1. The highest BCUT2D eigenvalue weighted by molar-refractivity contribution is 6.29. The Kier molecular flexibility index (Phi) is 4.16. The Labute approximate surface area is 106 Å². The predicted molar refractivity (Wildman–Crippen MR) is 66.0 cm³/mol. The maximum absolute atomic E-state index is 10.8. The summed E-state index contributed by atoms with van der Waals surface area (Å²) in [6.07, 6.45) is 1.57. The third-order valence-electron chi connectivity index (χ3n) is 2.63. The zero-order valence-corrected chi connectivity index (χ0v) is 11.3. The van der Waals surface area contributed by atoms with Gasteiger partial charge in [0.1, 0.15) is 11.0 Å². The van der Waals surface area contributed by atoms with E-state index in [9.17, 15) is 4.79 Å². The van der Waals surface area contributed by atoms with Crippen LogP contribution in [0.3, 0.4) is 0 Å². The molecular weight excluding hydrogens is 242 g/mol. The van der Waals surface area contributed by atoms with Crippen LogP contribution in [0, 0.1) is 0 Å². The number of carboxylic acids is 1. The molecule has 0 unspecified atom stereocenters. The van der Waals surface area contributed by atoms with Crippen molar-refractivity contribution in [2.45, 2.75) is 32.9 Å². The number of aromatic nitrogens is 2. The first-order chi connectivity index (χ1) is 7.71. The number of carboxylic acid groups (broad SMARTS) is 1. The molecule has 0 saturated carbocycles. The molecule has 6 heteroatoms. The van der Waals surface area contributed by atoms with Gasteiger partial charge in [0, 0.05) is 12.6 Å². The number of rotatable bonds is 4. The minimum atomic E-state index is -0.847. The molecular formula is C11H18ClN3O2. The summed E-state index contributed by atoms with van der Waals surface area (Å²) in [6, 6.07) is 0. The molecule has 0 spiro atoms. The van der Waals surface area contributed by atoms with Crippen molar-refractivity contribution in [3.8, 4) is 0 Å². The molecule has 0 atom stereocenters. The number of carbonyl (C=O) groups is 1. The maximum Gasteiger partial charge on any atom is 0.317 e. The van der Waals surface area contributed by atoms with Gasteiger partial charge in [0.2, 0.25) is 0 Å². The second-order valence-corrected chi connectivity index (χ2v) is 5.36. The molecule has 1 rings (SSSR count). The molecule has 96 valence electrons. The van der Waals surface area contributed by atoms with Gasteiger partial charge in [0.15, 0.2) is 0 Å². The average Bonchev–Trinajstić information content (AvgIpc) is 2.46. The molecule has 0 radical (unpaired) electrons. The van der Waals surface area contributed by atoms with Crippen LogP contribution >= 0.6 is 11.6 Å². The van der Waals surface area contributed by atoms with Crippen LogP contribution in [-0.4, -0.2) is 37.6 Å². The average molecular weight is 260 g/mol. The van der Waals surface area contributed by atoms with Crippen molar-refractivity contribution in [3.63, 3.8) is 0 Å². The van der Waals surface area contributed by atoms with Gasteiger partial charge >= 0.3 is 5.97 Å². The number of hydrogen-bond donors (Lipinski definition) is 1. The van der Waals surface area contributed by atoms with Gasteiger partial charge in [-0.1, -0.05) is 11.6 Å². The summed E-state index contributed by atoms with van der Waals surface area (Å²) in [6.45, 7) is 6.36. The van der Waals surface area contributed by atoms with Gasteiger partial charge in [-0.3, -0.25) is 9.69 Å². The SMILES string of the molecule is Cn1c(Cl)cnc1CN(CC(=O)O)C(C)(C)C. The van der Waals surface area contributed by atoms with Gasteiger partial charge in [0.25, 0.3) is 0 Å². The van der Waals surface area contributed by atoms with Crippen LogP contribution in [0.25, 0.3) is 0 Å². The monoisotopic (exact) mass is 259 g/mol. The molecule has 0 saturated heterocycles. The Morgan fingerprint density at radius 1 is 1.59 bits per heavy atom. The molecule has 0 fully saturated rings. The summed E-state index contributed by atoms with van der Waals surface area (Å²) in [4.78, 5) is 16.9. The van der Waals surface area contributed by atoms with Crippen LogP contribution in [0.2, 0.25) is 5.15 Å². The minimum absolute atomic E-state index is 0.0199. The predicted octanol–water partition coefficient (Wildman–Crippen LogP) is 1.76. The Morgan fingerprint density at radius 2 is 2.18 bits per heavy atom. The normalized spacial score (nSPS) is 12.1. The number of imidazole rings is 1. The van der Waals surface area contributed by atoms with Crippen molar-refractivity contribution in [2.24, 2.45) is 7.05 Å². The smallest absolute Gasteiger partial charge is 0.317 e. The topological polar surface area (TPSA) is 58.4 Å². The van der Waals surface area contributed by atoms with Crippen molar-refractivity contribution >= 4 is 17.6 Å². The Bertz CT molecular complexity index is 409.